The van der Waals surface area contributed by atoms with Gasteiger partial charge in [0.25, 0.3) is 0 Å². The predicted molar refractivity (Wildman–Crippen MR) is 85.6 cm³/mol. The fraction of sp³-hybridized carbons (Fsp3) is 0.800. The molecule has 4 heteroatoms. The average molecular weight is 330 g/mol. The summed E-state index contributed by atoms with van der Waals surface area (Å²) >= 11 is 3.72. The van der Waals surface area contributed by atoms with E-state index in [1.807, 2.05) is 0 Å². The van der Waals surface area contributed by atoms with Gasteiger partial charge in [0.2, 0.25) is 0 Å². The van der Waals surface area contributed by atoms with Crippen LogP contribution in [0.2, 0.25) is 0 Å². The molecule has 3 nitrogen and oxygen atoms in total. The van der Waals surface area contributed by atoms with Gasteiger partial charge in [-0.15, -0.1) is 0 Å². The summed E-state index contributed by atoms with van der Waals surface area (Å²) < 4.78 is 3.34. The third kappa shape index (κ3) is 3.82. The zero-order valence-electron chi connectivity index (χ0n) is 13.0. The lowest BCUT2D eigenvalue weighted by Crippen LogP contribution is -2.36. The van der Waals surface area contributed by atoms with E-state index in [-0.39, 0.29) is 0 Å². The lowest BCUT2D eigenvalue weighted by molar-refractivity contribution is 0.242. The van der Waals surface area contributed by atoms with Crippen LogP contribution < -0.4 is 5.32 Å². The summed E-state index contributed by atoms with van der Waals surface area (Å²) in [5, 5.41) is 8.14. The number of nitrogens with zero attached hydrogens (tertiary/aromatic N) is 2. The second-order valence-corrected chi connectivity index (χ2v) is 6.12. The quantitative estimate of drug-likeness (QED) is 0.783. The van der Waals surface area contributed by atoms with Gasteiger partial charge in [-0.05, 0) is 61.0 Å². The molecule has 0 saturated carbocycles. The molecule has 0 fully saturated rings. The van der Waals surface area contributed by atoms with Gasteiger partial charge in [0.15, 0.2) is 0 Å². The van der Waals surface area contributed by atoms with Crippen LogP contribution in [-0.4, -0.2) is 22.9 Å². The highest BCUT2D eigenvalue weighted by Gasteiger charge is 2.29. The van der Waals surface area contributed by atoms with Gasteiger partial charge < -0.3 is 5.32 Å². The Morgan fingerprint density at radius 2 is 1.84 bits per heavy atom. The molecule has 0 radical (unpaired) electrons. The standard InChI is InChI=1S/C15H28BrN3/c1-6-15(7-2,11-17-8-3)10-13-14(16)12(5)18-19(13)9-4/h17H,6-11H2,1-5H3. The molecule has 0 spiro atoms. The Kier molecular flexibility index (Phi) is 6.54. The topological polar surface area (TPSA) is 29.9 Å². The van der Waals surface area contributed by atoms with E-state index in [2.05, 4.69) is 65.6 Å². The zero-order valence-corrected chi connectivity index (χ0v) is 14.6. The van der Waals surface area contributed by atoms with Gasteiger partial charge >= 0.3 is 0 Å². The summed E-state index contributed by atoms with van der Waals surface area (Å²) in [7, 11) is 0. The molecule has 0 bridgehead atoms. The second kappa shape index (κ2) is 7.44. The largest absolute Gasteiger partial charge is 0.316 e. The van der Waals surface area contributed by atoms with Crippen LogP contribution in [0.25, 0.3) is 0 Å². The van der Waals surface area contributed by atoms with Crippen molar-refractivity contribution in [3.63, 3.8) is 0 Å². The number of aromatic nitrogens is 2. The maximum Gasteiger partial charge on any atom is 0.0738 e. The van der Waals surface area contributed by atoms with Crippen molar-refractivity contribution in [2.24, 2.45) is 5.41 Å². The van der Waals surface area contributed by atoms with Crippen molar-refractivity contribution in [1.82, 2.24) is 15.1 Å². The maximum atomic E-state index is 4.61. The summed E-state index contributed by atoms with van der Waals surface area (Å²) in [6.07, 6.45) is 3.47. The van der Waals surface area contributed by atoms with Crippen molar-refractivity contribution >= 4 is 15.9 Å². The fourth-order valence-electron chi connectivity index (χ4n) is 2.60. The van der Waals surface area contributed by atoms with Crippen LogP contribution in [0.1, 0.15) is 51.9 Å². The Bertz CT molecular complexity index is 394. The van der Waals surface area contributed by atoms with Gasteiger partial charge in [0, 0.05) is 13.1 Å². The molecule has 0 unspecified atom stereocenters. The Hall–Kier alpha value is -0.350. The zero-order chi connectivity index (χ0) is 14.5. The molecular formula is C15H28BrN3. The molecule has 0 aliphatic carbocycles. The molecule has 19 heavy (non-hydrogen) atoms. The first-order valence-corrected chi connectivity index (χ1v) is 8.25. The summed E-state index contributed by atoms with van der Waals surface area (Å²) in [5.74, 6) is 0. The van der Waals surface area contributed by atoms with Crippen molar-refractivity contribution in [1.29, 1.82) is 0 Å². The molecule has 0 saturated heterocycles. The van der Waals surface area contributed by atoms with Gasteiger partial charge in [0.05, 0.1) is 15.9 Å². The average Bonchev–Trinajstić information content (AvgIpc) is 2.70. The van der Waals surface area contributed by atoms with E-state index in [9.17, 15) is 0 Å². The normalized spacial score (nSPS) is 12.1. The Balaban J connectivity index is 3.02. The fourth-order valence-corrected chi connectivity index (χ4v) is 3.02. The monoisotopic (exact) mass is 329 g/mol. The van der Waals surface area contributed by atoms with Crippen LogP contribution in [0.3, 0.4) is 0 Å². The van der Waals surface area contributed by atoms with E-state index in [0.29, 0.717) is 5.41 Å². The van der Waals surface area contributed by atoms with Gasteiger partial charge in [-0.1, -0.05) is 20.8 Å². The van der Waals surface area contributed by atoms with E-state index in [1.165, 1.54) is 23.0 Å². The first-order chi connectivity index (χ1) is 9.03. The molecule has 1 aromatic rings. The molecule has 1 rings (SSSR count). The molecule has 110 valence electrons. The highest BCUT2D eigenvalue weighted by atomic mass is 79.9. The number of halogens is 1. The smallest absolute Gasteiger partial charge is 0.0738 e. The summed E-state index contributed by atoms with van der Waals surface area (Å²) in [6, 6.07) is 0. The van der Waals surface area contributed by atoms with Gasteiger partial charge in [-0.2, -0.15) is 5.10 Å². The van der Waals surface area contributed by atoms with Crippen molar-refractivity contribution < 1.29 is 0 Å². The predicted octanol–water partition coefficient (Wildman–Crippen LogP) is 3.93. The van der Waals surface area contributed by atoms with Crippen LogP contribution in [-0.2, 0) is 13.0 Å². The molecule has 0 aromatic carbocycles. The Morgan fingerprint density at radius 1 is 1.21 bits per heavy atom. The summed E-state index contributed by atoms with van der Waals surface area (Å²) in [6.45, 7) is 14.1. The molecule has 0 aliphatic rings. The highest BCUT2D eigenvalue weighted by molar-refractivity contribution is 9.10. The number of aryl methyl sites for hydroxylation is 2. The van der Waals surface area contributed by atoms with Crippen LogP contribution in [0.5, 0.6) is 0 Å². The molecular weight excluding hydrogens is 302 g/mol. The maximum absolute atomic E-state index is 4.61. The number of hydrogen-bond donors (Lipinski definition) is 1. The highest BCUT2D eigenvalue weighted by Crippen LogP contribution is 2.34. The minimum atomic E-state index is 0.331. The van der Waals surface area contributed by atoms with Crippen molar-refractivity contribution in [3.8, 4) is 0 Å². The van der Waals surface area contributed by atoms with Gasteiger partial charge in [-0.25, -0.2) is 0 Å². The summed E-state index contributed by atoms with van der Waals surface area (Å²) in [5.41, 5.74) is 2.78. The minimum Gasteiger partial charge on any atom is -0.316 e. The van der Waals surface area contributed by atoms with Crippen LogP contribution in [0.4, 0.5) is 0 Å². The lowest BCUT2D eigenvalue weighted by atomic mass is 9.78. The molecule has 0 aliphatic heterocycles. The van der Waals surface area contributed by atoms with Crippen LogP contribution in [0, 0.1) is 12.3 Å². The van der Waals surface area contributed by atoms with E-state index in [0.717, 1.165) is 31.7 Å². The van der Waals surface area contributed by atoms with Crippen molar-refractivity contribution in [2.45, 2.75) is 60.4 Å². The molecule has 0 amide bonds. The SMILES string of the molecule is CCNCC(CC)(CC)Cc1c(Br)c(C)nn1CC. The Morgan fingerprint density at radius 3 is 2.32 bits per heavy atom. The molecule has 1 heterocycles. The van der Waals surface area contributed by atoms with Crippen molar-refractivity contribution in [2.75, 3.05) is 13.1 Å². The minimum absolute atomic E-state index is 0.331. The first-order valence-electron chi connectivity index (χ1n) is 7.46. The second-order valence-electron chi connectivity index (χ2n) is 5.33. The van der Waals surface area contributed by atoms with Gasteiger partial charge in [0.1, 0.15) is 0 Å². The third-order valence-electron chi connectivity index (χ3n) is 4.25. The van der Waals surface area contributed by atoms with Crippen LogP contribution in [0.15, 0.2) is 4.47 Å². The molecule has 0 atom stereocenters. The van der Waals surface area contributed by atoms with Crippen molar-refractivity contribution in [3.05, 3.63) is 15.9 Å². The van der Waals surface area contributed by atoms with E-state index in [4.69, 9.17) is 0 Å². The molecule has 1 N–H and O–H groups in total. The first kappa shape index (κ1) is 16.7. The summed E-state index contributed by atoms with van der Waals surface area (Å²) in [4.78, 5) is 0. The van der Waals surface area contributed by atoms with E-state index >= 15 is 0 Å². The number of nitrogens with one attached hydrogen (secondary N) is 1. The van der Waals surface area contributed by atoms with E-state index < -0.39 is 0 Å². The molecule has 1 aromatic heterocycles. The Labute approximate surface area is 126 Å². The number of hydrogen-bond acceptors (Lipinski definition) is 2. The van der Waals surface area contributed by atoms with E-state index in [1.54, 1.807) is 0 Å². The van der Waals surface area contributed by atoms with Gasteiger partial charge in [-0.3, -0.25) is 4.68 Å². The van der Waals surface area contributed by atoms with Crippen LogP contribution >= 0.6 is 15.9 Å². The lowest BCUT2D eigenvalue weighted by Gasteiger charge is -2.32. The third-order valence-corrected chi connectivity index (χ3v) is 5.28. The number of rotatable bonds is 8.